The summed E-state index contributed by atoms with van der Waals surface area (Å²) in [6.45, 7) is 5.88. The SMILES string of the molecule is C=C(CCCC)NNC(=O)[C@@H](O)c1ccccc1. The molecule has 0 aliphatic carbocycles. The summed E-state index contributed by atoms with van der Waals surface area (Å²) >= 11 is 0. The molecule has 0 aliphatic heterocycles. The van der Waals surface area contributed by atoms with E-state index in [1.807, 2.05) is 6.07 Å². The third kappa shape index (κ3) is 4.59. The van der Waals surface area contributed by atoms with E-state index in [1.165, 1.54) is 0 Å². The van der Waals surface area contributed by atoms with Gasteiger partial charge >= 0.3 is 0 Å². The molecule has 1 rings (SSSR count). The van der Waals surface area contributed by atoms with Crippen LogP contribution in [-0.2, 0) is 4.79 Å². The first kappa shape index (κ1) is 14.3. The summed E-state index contributed by atoms with van der Waals surface area (Å²) in [6.07, 6.45) is 1.72. The molecule has 0 spiro atoms. The van der Waals surface area contributed by atoms with Gasteiger partial charge in [0.25, 0.3) is 5.91 Å². The molecule has 1 amide bonds. The van der Waals surface area contributed by atoms with Crippen LogP contribution in [-0.4, -0.2) is 11.0 Å². The number of nitrogens with one attached hydrogen (secondary N) is 2. The molecule has 18 heavy (non-hydrogen) atoms. The van der Waals surface area contributed by atoms with Crippen LogP contribution in [0.15, 0.2) is 42.6 Å². The molecule has 4 nitrogen and oxygen atoms in total. The van der Waals surface area contributed by atoms with Crippen molar-refractivity contribution in [2.24, 2.45) is 0 Å². The van der Waals surface area contributed by atoms with Crippen molar-refractivity contribution in [1.29, 1.82) is 0 Å². The second-order valence-corrected chi connectivity index (χ2v) is 4.13. The molecule has 0 saturated heterocycles. The zero-order valence-electron chi connectivity index (χ0n) is 10.6. The fraction of sp³-hybridized carbons (Fsp3) is 0.357. The molecule has 0 aromatic heterocycles. The van der Waals surface area contributed by atoms with Gasteiger partial charge in [-0.3, -0.25) is 10.2 Å². The van der Waals surface area contributed by atoms with Gasteiger partial charge in [0.05, 0.1) is 0 Å². The van der Waals surface area contributed by atoms with Gasteiger partial charge in [-0.1, -0.05) is 50.3 Å². The zero-order valence-corrected chi connectivity index (χ0v) is 10.6. The van der Waals surface area contributed by atoms with Crippen LogP contribution in [0, 0.1) is 0 Å². The Morgan fingerprint density at radius 2 is 2.00 bits per heavy atom. The Balaban J connectivity index is 2.39. The minimum absolute atomic E-state index is 0.487. The van der Waals surface area contributed by atoms with Gasteiger partial charge in [-0.15, -0.1) is 0 Å². The van der Waals surface area contributed by atoms with Crippen LogP contribution in [0.1, 0.15) is 37.9 Å². The Bertz CT molecular complexity index is 390. The lowest BCUT2D eigenvalue weighted by Gasteiger charge is -2.14. The van der Waals surface area contributed by atoms with E-state index in [4.69, 9.17) is 0 Å². The monoisotopic (exact) mass is 248 g/mol. The van der Waals surface area contributed by atoms with Crippen LogP contribution in [0.3, 0.4) is 0 Å². The first-order valence-electron chi connectivity index (χ1n) is 6.11. The maximum atomic E-state index is 11.7. The maximum Gasteiger partial charge on any atom is 0.271 e. The van der Waals surface area contributed by atoms with E-state index in [2.05, 4.69) is 24.4 Å². The van der Waals surface area contributed by atoms with Gasteiger partial charge in [0.15, 0.2) is 6.10 Å². The van der Waals surface area contributed by atoms with Gasteiger partial charge in [0.1, 0.15) is 0 Å². The third-order valence-electron chi connectivity index (χ3n) is 2.56. The Kier molecular flexibility index (Phi) is 5.94. The number of carbonyl (C=O) groups excluding carboxylic acids is 1. The number of hydrazine groups is 1. The summed E-state index contributed by atoms with van der Waals surface area (Å²) in [5, 5.41) is 9.80. The van der Waals surface area contributed by atoms with E-state index in [9.17, 15) is 9.90 Å². The van der Waals surface area contributed by atoms with E-state index in [0.717, 1.165) is 25.0 Å². The summed E-state index contributed by atoms with van der Waals surface area (Å²) in [7, 11) is 0. The number of carbonyl (C=O) groups is 1. The normalized spacial score (nSPS) is 11.7. The number of hydrogen-bond donors (Lipinski definition) is 3. The number of unbranched alkanes of at least 4 members (excludes halogenated alkanes) is 1. The highest BCUT2D eigenvalue weighted by molar-refractivity contribution is 5.81. The lowest BCUT2D eigenvalue weighted by atomic mass is 10.1. The standard InChI is InChI=1S/C14H20N2O2/c1-3-4-8-11(2)15-16-14(18)13(17)12-9-6-5-7-10-12/h5-7,9-10,13,15,17H,2-4,8H2,1H3,(H,16,18)/t13-/m0/s1. The van der Waals surface area contributed by atoms with Crippen LogP contribution >= 0.6 is 0 Å². The molecule has 0 bridgehead atoms. The Morgan fingerprint density at radius 3 is 2.61 bits per heavy atom. The van der Waals surface area contributed by atoms with Crippen molar-refractivity contribution in [2.75, 3.05) is 0 Å². The van der Waals surface area contributed by atoms with Gasteiger partial charge in [0, 0.05) is 5.70 Å². The predicted molar refractivity (Wildman–Crippen MR) is 71.3 cm³/mol. The van der Waals surface area contributed by atoms with Crippen LogP contribution < -0.4 is 10.9 Å². The van der Waals surface area contributed by atoms with Crippen molar-refractivity contribution < 1.29 is 9.90 Å². The second kappa shape index (κ2) is 7.50. The molecule has 0 aliphatic rings. The number of rotatable bonds is 7. The lowest BCUT2D eigenvalue weighted by Crippen LogP contribution is -2.39. The van der Waals surface area contributed by atoms with E-state index in [1.54, 1.807) is 24.3 Å². The van der Waals surface area contributed by atoms with Crippen LogP contribution in [0.5, 0.6) is 0 Å². The molecule has 0 heterocycles. The topological polar surface area (TPSA) is 61.4 Å². The quantitative estimate of drug-likeness (QED) is 0.647. The van der Waals surface area contributed by atoms with Gasteiger partial charge < -0.3 is 10.5 Å². The van der Waals surface area contributed by atoms with Crippen molar-refractivity contribution in [1.82, 2.24) is 10.9 Å². The number of aliphatic hydroxyl groups excluding tert-OH is 1. The number of benzene rings is 1. The molecular formula is C14H20N2O2. The molecule has 1 aromatic rings. The van der Waals surface area contributed by atoms with Crippen molar-refractivity contribution in [2.45, 2.75) is 32.3 Å². The summed E-state index contributed by atoms with van der Waals surface area (Å²) < 4.78 is 0. The van der Waals surface area contributed by atoms with Gasteiger partial charge in [0.2, 0.25) is 0 Å². The molecule has 0 unspecified atom stereocenters. The molecule has 98 valence electrons. The Morgan fingerprint density at radius 1 is 1.33 bits per heavy atom. The second-order valence-electron chi connectivity index (χ2n) is 4.13. The molecular weight excluding hydrogens is 228 g/mol. The molecule has 3 N–H and O–H groups in total. The van der Waals surface area contributed by atoms with Gasteiger partial charge in [-0.2, -0.15) is 0 Å². The Hall–Kier alpha value is -1.81. The van der Waals surface area contributed by atoms with E-state index in [0.29, 0.717) is 5.56 Å². The number of amides is 1. The number of allylic oxidation sites excluding steroid dienone is 1. The van der Waals surface area contributed by atoms with Crippen LogP contribution in [0.25, 0.3) is 0 Å². The largest absolute Gasteiger partial charge is 0.378 e. The summed E-state index contributed by atoms with van der Waals surface area (Å²) in [4.78, 5) is 11.7. The first-order valence-corrected chi connectivity index (χ1v) is 6.11. The maximum absolute atomic E-state index is 11.7. The molecule has 1 atom stereocenters. The minimum atomic E-state index is -1.17. The molecule has 1 aromatic carbocycles. The van der Waals surface area contributed by atoms with Crippen molar-refractivity contribution in [3.8, 4) is 0 Å². The minimum Gasteiger partial charge on any atom is -0.378 e. The van der Waals surface area contributed by atoms with Gasteiger partial charge in [-0.25, -0.2) is 0 Å². The molecule has 4 heteroatoms. The number of hydrogen-bond acceptors (Lipinski definition) is 3. The molecule has 0 saturated carbocycles. The number of aliphatic hydroxyl groups is 1. The molecule has 0 radical (unpaired) electrons. The van der Waals surface area contributed by atoms with E-state index >= 15 is 0 Å². The van der Waals surface area contributed by atoms with Crippen LogP contribution in [0.2, 0.25) is 0 Å². The average molecular weight is 248 g/mol. The molecule has 0 fully saturated rings. The smallest absolute Gasteiger partial charge is 0.271 e. The highest BCUT2D eigenvalue weighted by atomic mass is 16.3. The van der Waals surface area contributed by atoms with E-state index in [-0.39, 0.29) is 0 Å². The highest BCUT2D eigenvalue weighted by Crippen LogP contribution is 2.11. The van der Waals surface area contributed by atoms with Crippen LogP contribution in [0.4, 0.5) is 0 Å². The first-order chi connectivity index (χ1) is 8.65. The predicted octanol–water partition coefficient (Wildman–Crippen LogP) is 2.04. The lowest BCUT2D eigenvalue weighted by molar-refractivity contribution is -0.130. The fourth-order valence-electron chi connectivity index (χ4n) is 1.46. The zero-order chi connectivity index (χ0) is 13.4. The fourth-order valence-corrected chi connectivity index (χ4v) is 1.46. The van der Waals surface area contributed by atoms with Crippen molar-refractivity contribution in [3.05, 3.63) is 48.2 Å². The Labute approximate surface area is 108 Å². The average Bonchev–Trinajstić information content (AvgIpc) is 2.42. The highest BCUT2D eigenvalue weighted by Gasteiger charge is 2.16. The van der Waals surface area contributed by atoms with E-state index < -0.39 is 12.0 Å². The summed E-state index contributed by atoms with van der Waals surface area (Å²) in [6, 6.07) is 8.80. The summed E-state index contributed by atoms with van der Waals surface area (Å²) in [5.74, 6) is -0.487. The third-order valence-corrected chi connectivity index (χ3v) is 2.56. The van der Waals surface area contributed by atoms with Crippen molar-refractivity contribution >= 4 is 5.91 Å². The summed E-state index contributed by atoms with van der Waals surface area (Å²) in [5.41, 5.74) is 6.47. The van der Waals surface area contributed by atoms with Crippen molar-refractivity contribution in [3.63, 3.8) is 0 Å². The van der Waals surface area contributed by atoms with Gasteiger partial charge in [-0.05, 0) is 18.4 Å².